The van der Waals surface area contributed by atoms with E-state index in [1.165, 1.54) is 0 Å². The summed E-state index contributed by atoms with van der Waals surface area (Å²) in [5.74, 6) is 0. The molecule has 5 heteroatoms. The van der Waals surface area contributed by atoms with Gasteiger partial charge in [-0.1, -0.05) is 0 Å². The molecule has 0 saturated heterocycles. The molecule has 2 N–H and O–H groups in total. The van der Waals surface area contributed by atoms with Gasteiger partial charge in [0, 0.05) is 25.4 Å². The fraction of sp³-hybridized carbons (Fsp3) is 0.500. The van der Waals surface area contributed by atoms with Crippen LogP contribution in [0.25, 0.3) is 0 Å². The van der Waals surface area contributed by atoms with Gasteiger partial charge in [-0.3, -0.25) is 0 Å². The minimum absolute atomic E-state index is 0. The average Bonchev–Trinajstić information content (AvgIpc) is 2.33. The number of halogens is 3. The van der Waals surface area contributed by atoms with Gasteiger partial charge in [-0.15, -0.1) is 12.4 Å². The number of aryl methyl sites for hydroxylation is 1. The van der Waals surface area contributed by atoms with Crippen molar-refractivity contribution in [3.8, 4) is 0 Å². The lowest BCUT2D eigenvalue weighted by molar-refractivity contribution is 0.127. The van der Waals surface area contributed by atoms with Crippen LogP contribution in [-0.2, 0) is 7.05 Å². The van der Waals surface area contributed by atoms with Crippen LogP contribution in [0.1, 0.15) is 18.2 Å². The molecule has 1 aromatic rings. The third kappa shape index (κ3) is 3.32. The van der Waals surface area contributed by atoms with Gasteiger partial charge >= 0.3 is 0 Å². The van der Waals surface area contributed by atoms with Gasteiger partial charge in [0.25, 0.3) is 0 Å². The fourth-order valence-corrected chi connectivity index (χ4v) is 1.17. The van der Waals surface area contributed by atoms with Crippen molar-refractivity contribution in [1.29, 1.82) is 0 Å². The maximum absolute atomic E-state index is 11.9. The van der Waals surface area contributed by atoms with Crippen LogP contribution in [0.3, 0.4) is 0 Å². The summed E-state index contributed by atoms with van der Waals surface area (Å²) in [6, 6.07) is 2.98. The summed E-state index contributed by atoms with van der Waals surface area (Å²) in [7, 11) is 1.79. The summed E-state index contributed by atoms with van der Waals surface area (Å²) in [5.41, 5.74) is 6.29. The highest BCUT2D eigenvalue weighted by atomic mass is 35.5. The first kappa shape index (κ1) is 12.4. The molecule has 0 fully saturated rings. The van der Waals surface area contributed by atoms with Crippen LogP contribution in [0.4, 0.5) is 8.78 Å². The van der Waals surface area contributed by atoms with E-state index in [9.17, 15) is 8.78 Å². The Labute approximate surface area is 82.1 Å². The highest BCUT2D eigenvalue weighted by molar-refractivity contribution is 5.85. The van der Waals surface area contributed by atoms with Gasteiger partial charge in [-0.25, -0.2) is 8.78 Å². The number of rotatable bonds is 3. The molecule has 0 aliphatic carbocycles. The quantitative estimate of drug-likeness (QED) is 0.814. The van der Waals surface area contributed by atoms with E-state index in [0.29, 0.717) is 0 Å². The van der Waals surface area contributed by atoms with Gasteiger partial charge in [0.15, 0.2) is 0 Å². The number of alkyl halides is 2. The summed E-state index contributed by atoms with van der Waals surface area (Å²) in [6.45, 7) is 0. The Balaban J connectivity index is 0.00000144. The molecule has 0 saturated carbocycles. The first-order valence-electron chi connectivity index (χ1n) is 3.76. The van der Waals surface area contributed by atoms with E-state index in [4.69, 9.17) is 5.73 Å². The molecular weight excluding hydrogens is 198 g/mol. The van der Waals surface area contributed by atoms with Crippen LogP contribution in [0.2, 0.25) is 0 Å². The Kier molecular flexibility index (Phi) is 4.95. The van der Waals surface area contributed by atoms with Crippen LogP contribution in [0.5, 0.6) is 0 Å². The molecule has 0 aromatic carbocycles. The van der Waals surface area contributed by atoms with Crippen LogP contribution < -0.4 is 5.73 Å². The molecule has 0 bridgehead atoms. The maximum Gasteiger partial charge on any atom is 0.240 e. The zero-order valence-corrected chi connectivity index (χ0v) is 8.10. The van der Waals surface area contributed by atoms with E-state index >= 15 is 0 Å². The zero-order valence-electron chi connectivity index (χ0n) is 7.28. The van der Waals surface area contributed by atoms with Crippen molar-refractivity contribution in [3.63, 3.8) is 0 Å². The number of aromatic nitrogens is 1. The highest BCUT2D eigenvalue weighted by Crippen LogP contribution is 2.17. The lowest BCUT2D eigenvalue weighted by Gasteiger charge is -2.11. The second-order valence-corrected chi connectivity index (χ2v) is 2.78. The number of hydrogen-bond acceptors (Lipinski definition) is 1. The Morgan fingerprint density at radius 2 is 2.15 bits per heavy atom. The zero-order chi connectivity index (χ0) is 9.14. The highest BCUT2D eigenvalue weighted by Gasteiger charge is 2.14. The lowest BCUT2D eigenvalue weighted by Crippen LogP contribution is -2.16. The Morgan fingerprint density at radius 1 is 1.54 bits per heavy atom. The van der Waals surface area contributed by atoms with Crippen molar-refractivity contribution in [2.24, 2.45) is 12.8 Å². The SMILES string of the molecule is Cl.Cn1cccc1[C@@H](N)CC(F)F. The summed E-state index contributed by atoms with van der Waals surface area (Å²) in [6.07, 6.45) is -0.826. The minimum atomic E-state index is -2.34. The molecule has 0 radical (unpaired) electrons. The van der Waals surface area contributed by atoms with Crippen LogP contribution >= 0.6 is 12.4 Å². The molecule has 1 heterocycles. The molecule has 0 aliphatic heterocycles. The number of hydrogen-bond donors (Lipinski definition) is 1. The minimum Gasteiger partial charge on any atom is -0.353 e. The van der Waals surface area contributed by atoms with Crippen molar-refractivity contribution in [2.45, 2.75) is 18.9 Å². The fourth-order valence-electron chi connectivity index (χ4n) is 1.17. The van der Waals surface area contributed by atoms with E-state index in [2.05, 4.69) is 0 Å². The second kappa shape index (κ2) is 5.19. The van der Waals surface area contributed by atoms with Gasteiger partial charge in [0.2, 0.25) is 6.43 Å². The molecule has 0 amide bonds. The molecule has 13 heavy (non-hydrogen) atoms. The monoisotopic (exact) mass is 210 g/mol. The van der Waals surface area contributed by atoms with E-state index in [-0.39, 0.29) is 18.8 Å². The van der Waals surface area contributed by atoms with Crippen LogP contribution in [0, 0.1) is 0 Å². The molecular formula is C8H13ClF2N2. The van der Waals surface area contributed by atoms with Gasteiger partial charge in [-0.2, -0.15) is 0 Å². The number of nitrogens with two attached hydrogens (primary N) is 1. The van der Waals surface area contributed by atoms with Crippen molar-refractivity contribution in [2.75, 3.05) is 0 Å². The summed E-state index contributed by atoms with van der Waals surface area (Å²) in [5, 5.41) is 0. The predicted molar refractivity (Wildman–Crippen MR) is 50.2 cm³/mol. The largest absolute Gasteiger partial charge is 0.353 e. The van der Waals surface area contributed by atoms with E-state index in [0.717, 1.165) is 5.69 Å². The van der Waals surface area contributed by atoms with Gasteiger partial charge in [0.1, 0.15) is 0 Å². The molecule has 1 rings (SSSR count). The van der Waals surface area contributed by atoms with Crippen molar-refractivity contribution < 1.29 is 8.78 Å². The van der Waals surface area contributed by atoms with Gasteiger partial charge in [0.05, 0.1) is 6.04 Å². The van der Waals surface area contributed by atoms with E-state index in [1.54, 1.807) is 29.9 Å². The lowest BCUT2D eigenvalue weighted by atomic mass is 10.1. The van der Waals surface area contributed by atoms with Crippen molar-refractivity contribution in [3.05, 3.63) is 24.0 Å². The Hall–Kier alpha value is -0.610. The van der Waals surface area contributed by atoms with E-state index < -0.39 is 12.5 Å². The summed E-state index contributed by atoms with van der Waals surface area (Å²) >= 11 is 0. The summed E-state index contributed by atoms with van der Waals surface area (Å²) in [4.78, 5) is 0. The molecule has 0 unspecified atom stereocenters. The third-order valence-electron chi connectivity index (χ3n) is 1.80. The normalized spacial score (nSPS) is 12.7. The molecule has 1 aromatic heterocycles. The smallest absolute Gasteiger partial charge is 0.240 e. The Bertz CT molecular complexity index is 250. The van der Waals surface area contributed by atoms with Crippen molar-refractivity contribution in [1.82, 2.24) is 4.57 Å². The second-order valence-electron chi connectivity index (χ2n) is 2.78. The standard InChI is InChI=1S/C8H12F2N2.ClH/c1-12-4-2-3-7(12)6(11)5-8(9)10;/h2-4,6,8H,5,11H2,1H3;1H/t6-;/m0./s1. The Morgan fingerprint density at radius 3 is 2.54 bits per heavy atom. The topological polar surface area (TPSA) is 30.9 Å². The average molecular weight is 211 g/mol. The van der Waals surface area contributed by atoms with Gasteiger partial charge in [-0.05, 0) is 12.1 Å². The number of nitrogens with zero attached hydrogens (tertiary/aromatic N) is 1. The summed E-state index contributed by atoms with van der Waals surface area (Å²) < 4.78 is 25.6. The predicted octanol–water partition coefficient (Wildman–Crippen LogP) is 2.10. The first-order valence-corrected chi connectivity index (χ1v) is 3.76. The maximum atomic E-state index is 11.9. The van der Waals surface area contributed by atoms with E-state index in [1.807, 2.05) is 0 Å². The molecule has 2 nitrogen and oxygen atoms in total. The molecule has 0 spiro atoms. The van der Waals surface area contributed by atoms with Crippen LogP contribution in [-0.4, -0.2) is 11.0 Å². The molecule has 0 aliphatic rings. The molecule has 76 valence electrons. The third-order valence-corrected chi connectivity index (χ3v) is 1.80. The van der Waals surface area contributed by atoms with Crippen LogP contribution in [0.15, 0.2) is 18.3 Å². The molecule has 1 atom stereocenters. The van der Waals surface area contributed by atoms with Gasteiger partial charge < -0.3 is 10.3 Å². The van der Waals surface area contributed by atoms with Crippen molar-refractivity contribution >= 4 is 12.4 Å². The first-order chi connectivity index (χ1) is 5.61.